The minimum Gasteiger partial charge on any atom is -0.489 e. The van der Waals surface area contributed by atoms with Crippen LogP contribution in [0.1, 0.15) is 31.7 Å². The molecule has 3 heterocycles. The van der Waals surface area contributed by atoms with Crippen molar-refractivity contribution in [1.82, 2.24) is 24.5 Å². The number of hydrogen-bond donors (Lipinski definition) is 1. The van der Waals surface area contributed by atoms with Crippen molar-refractivity contribution in [3.63, 3.8) is 0 Å². The van der Waals surface area contributed by atoms with Crippen LogP contribution in [0.25, 0.3) is 22.2 Å². The van der Waals surface area contributed by atoms with Crippen LogP contribution >= 0.6 is 11.6 Å². The fourth-order valence-corrected chi connectivity index (χ4v) is 4.51. The van der Waals surface area contributed by atoms with E-state index in [-0.39, 0.29) is 6.10 Å². The summed E-state index contributed by atoms with van der Waals surface area (Å²) in [5, 5.41) is 14.2. The third-order valence-electron chi connectivity index (χ3n) is 5.95. The summed E-state index contributed by atoms with van der Waals surface area (Å²) in [6.07, 6.45) is 9.83. The Morgan fingerprint density at radius 3 is 2.65 bits per heavy atom. The minimum atomic E-state index is 0.172. The van der Waals surface area contributed by atoms with Gasteiger partial charge in [-0.05, 0) is 37.8 Å². The Labute approximate surface area is 186 Å². The molecule has 4 aromatic rings. The molecular formula is C23H25ClN6O. The molecule has 5 rings (SSSR count). The van der Waals surface area contributed by atoms with E-state index < -0.39 is 0 Å². The number of pyridine rings is 1. The number of anilines is 1. The molecule has 0 radical (unpaired) electrons. The van der Waals surface area contributed by atoms with Crippen LogP contribution < -0.4 is 10.1 Å². The van der Waals surface area contributed by atoms with Crippen molar-refractivity contribution in [2.75, 3.05) is 12.4 Å². The van der Waals surface area contributed by atoms with Crippen LogP contribution in [0.4, 0.5) is 5.82 Å². The van der Waals surface area contributed by atoms with Gasteiger partial charge in [-0.3, -0.25) is 9.36 Å². The van der Waals surface area contributed by atoms with Crippen LogP contribution in [0.15, 0.2) is 48.9 Å². The molecule has 0 unspecified atom stereocenters. The molecule has 1 fully saturated rings. The molecule has 1 N–H and O–H groups in total. The van der Waals surface area contributed by atoms with E-state index in [4.69, 9.17) is 21.4 Å². The van der Waals surface area contributed by atoms with Crippen molar-refractivity contribution in [3.05, 3.63) is 53.9 Å². The Morgan fingerprint density at radius 2 is 1.94 bits per heavy atom. The van der Waals surface area contributed by atoms with Crippen LogP contribution in [0, 0.1) is 0 Å². The van der Waals surface area contributed by atoms with E-state index in [2.05, 4.69) is 26.1 Å². The maximum atomic E-state index is 6.27. The summed E-state index contributed by atoms with van der Waals surface area (Å²) in [6.45, 7) is 0. The van der Waals surface area contributed by atoms with E-state index in [0.717, 1.165) is 59.4 Å². The Bertz CT molecular complexity index is 1210. The molecule has 7 nitrogen and oxygen atoms in total. The molecule has 0 saturated heterocycles. The number of fused-ring (bicyclic) bond motifs is 1. The largest absolute Gasteiger partial charge is 0.489 e. The lowest BCUT2D eigenvalue weighted by atomic mass is 9.93. The van der Waals surface area contributed by atoms with Crippen molar-refractivity contribution in [1.29, 1.82) is 0 Å². The lowest BCUT2D eigenvalue weighted by Gasteiger charge is -2.29. The molecule has 160 valence electrons. The van der Waals surface area contributed by atoms with Crippen LogP contribution in [0.5, 0.6) is 5.75 Å². The van der Waals surface area contributed by atoms with E-state index in [1.165, 1.54) is 0 Å². The van der Waals surface area contributed by atoms with Crippen molar-refractivity contribution in [3.8, 4) is 17.0 Å². The molecule has 1 aliphatic carbocycles. The van der Waals surface area contributed by atoms with E-state index in [0.29, 0.717) is 11.1 Å². The second kappa shape index (κ2) is 8.23. The first-order chi connectivity index (χ1) is 15.1. The maximum Gasteiger partial charge on any atom is 0.138 e. The molecule has 3 aromatic heterocycles. The van der Waals surface area contributed by atoms with E-state index in [1.54, 1.807) is 4.68 Å². The van der Waals surface area contributed by atoms with Crippen LogP contribution in [0.2, 0.25) is 5.02 Å². The lowest BCUT2D eigenvalue weighted by molar-refractivity contribution is 0.131. The highest BCUT2D eigenvalue weighted by Gasteiger charge is 2.27. The Kier molecular flexibility index (Phi) is 5.28. The first-order valence-corrected chi connectivity index (χ1v) is 11.0. The van der Waals surface area contributed by atoms with Gasteiger partial charge >= 0.3 is 0 Å². The molecule has 0 bridgehead atoms. The number of hydrogen-bond acceptors (Lipinski definition) is 5. The van der Waals surface area contributed by atoms with Crippen molar-refractivity contribution in [2.45, 2.75) is 37.8 Å². The third kappa shape index (κ3) is 3.85. The quantitative estimate of drug-likeness (QED) is 0.472. The number of para-hydroxylation sites is 1. The maximum absolute atomic E-state index is 6.27. The molecule has 0 spiro atoms. The predicted molar refractivity (Wildman–Crippen MR) is 123 cm³/mol. The van der Waals surface area contributed by atoms with Gasteiger partial charge in [-0.2, -0.15) is 10.2 Å². The van der Waals surface area contributed by atoms with Gasteiger partial charge in [0.25, 0.3) is 0 Å². The highest BCUT2D eigenvalue weighted by molar-refractivity contribution is 6.32. The smallest absolute Gasteiger partial charge is 0.138 e. The number of benzene rings is 1. The van der Waals surface area contributed by atoms with E-state index >= 15 is 0 Å². The van der Waals surface area contributed by atoms with Crippen LogP contribution in [-0.2, 0) is 7.05 Å². The third-order valence-corrected chi connectivity index (χ3v) is 6.26. The normalized spacial score (nSPS) is 18.9. The first kappa shape index (κ1) is 19.9. The summed E-state index contributed by atoms with van der Waals surface area (Å²) in [5.74, 6) is 1.60. The molecule has 8 heteroatoms. The van der Waals surface area contributed by atoms with Crippen LogP contribution in [-0.4, -0.2) is 37.7 Å². The highest BCUT2D eigenvalue weighted by Crippen LogP contribution is 2.37. The Morgan fingerprint density at radius 1 is 1.13 bits per heavy atom. The van der Waals surface area contributed by atoms with Crippen molar-refractivity contribution < 1.29 is 4.74 Å². The summed E-state index contributed by atoms with van der Waals surface area (Å²) >= 11 is 6.27. The molecule has 1 aliphatic rings. The second-order valence-electron chi connectivity index (χ2n) is 8.01. The average molecular weight is 437 g/mol. The number of aromatic nitrogens is 5. The Balaban J connectivity index is 1.42. The summed E-state index contributed by atoms with van der Waals surface area (Å²) in [4.78, 5) is 4.52. The number of nitrogens with zero attached hydrogens (tertiary/aromatic N) is 5. The second-order valence-corrected chi connectivity index (χ2v) is 8.42. The number of rotatable bonds is 5. The number of aryl methyl sites for hydroxylation is 1. The van der Waals surface area contributed by atoms with Gasteiger partial charge in [0.1, 0.15) is 17.3 Å². The molecule has 0 atom stereocenters. The molecular weight excluding hydrogens is 412 g/mol. The van der Waals surface area contributed by atoms with Gasteiger partial charge < -0.3 is 10.1 Å². The number of halogens is 1. The van der Waals surface area contributed by atoms with Crippen molar-refractivity contribution in [2.24, 2.45) is 7.05 Å². The SMILES string of the molecule is CNc1cc2c(cn1)c(-c1cnn(C)c1)nn2[C@H]1CC[C@@H](Oc2ccccc2Cl)CC1. The average Bonchev–Trinajstić information content (AvgIpc) is 3.39. The number of nitrogens with one attached hydrogen (secondary N) is 1. The van der Waals surface area contributed by atoms with E-state index in [1.807, 2.05) is 57.0 Å². The standard InChI is InChI=1S/C23H25ClN6O/c1-25-22-11-20-18(13-26-22)23(15-12-27-29(2)14-15)28-30(20)16-7-9-17(10-8-16)31-21-6-4-3-5-19(21)24/h3-6,11-14,16-17H,7-10H2,1-2H3,(H,25,26)/t16-,17+. The Hall–Kier alpha value is -3.06. The zero-order valence-corrected chi connectivity index (χ0v) is 18.4. The first-order valence-electron chi connectivity index (χ1n) is 10.6. The van der Waals surface area contributed by atoms with Gasteiger partial charge in [0.15, 0.2) is 0 Å². The molecule has 0 aliphatic heterocycles. The summed E-state index contributed by atoms with van der Waals surface area (Å²) in [5.41, 5.74) is 3.02. The molecule has 1 aromatic carbocycles. The summed E-state index contributed by atoms with van der Waals surface area (Å²) < 4.78 is 10.1. The molecule has 1 saturated carbocycles. The zero-order valence-electron chi connectivity index (χ0n) is 17.6. The van der Waals surface area contributed by atoms with Crippen molar-refractivity contribution >= 4 is 28.3 Å². The van der Waals surface area contributed by atoms with E-state index in [9.17, 15) is 0 Å². The van der Waals surface area contributed by atoms with Gasteiger partial charge in [-0.25, -0.2) is 4.98 Å². The summed E-state index contributed by atoms with van der Waals surface area (Å²) in [6, 6.07) is 10.1. The van der Waals surface area contributed by atoms with Gasteiger partial charge in [0.2, 0.25) is 0 Å². The highest BCUT2D eigenvalue weighted by atomic mass is 35.5. The fourth-order valence-electron chi connectivity index (χ4n) is 4.33. The topological polar surface area (TPSA) is 69.8 Å². The minimum absolute atomic E-state index is 0.172. The fraction of sp³-hybridized carbons (Fsp3) is 0.348. The summed E-state index contributed by atoms with van der Waals surface area (Å²) in [7, 11) is 3.80. The van der Waals surface area contributed by atoms with Gasteiger partial charge in [-0.1, -0.05) is 23.7 Å². The molecule has 0 amide bonds. The van der Waals surface area contributed by atoms with Gasteiger partial charge in [-0.15, -0.1) is 0 Å². The van der Waals surface area contributed by atoms with Gasteiger partial charge in [0, 0.05) is 43.5 Å². The zero-order chi connectivity index (χ0) is 21.4. The molecule has 31 heavy (non-hydrogen) atoms. The van der Waals surface area contributed by atoms with Gasteiger partial charge in [0.05, 0.1) is 28.9 Å². The predicted octanol–water partition coefficient (Wildman–Crippen LogP) is 5.09. The van der Waals surface area contributed by atoms with Crippen LogP contribution in [0.3, 0.4) is 0 Å². The number of ether oxygens (including phenoxy) is 1. The monoisotopic (exact) mass is 436 g/mol. The lowest BCUT2D eigenvalue weighted by Crippen LogP contribution is -2.26.